The smallest absolute Gasteiger partial charge is 0.410 e. The third-order valence-corrected chi connectivity index (χ3v) is 2.28. The number of nitrogens with zero attached hydrogens (tertiary/aromatic N) is 1. The van der Waals surface area contributed by atoms with Gasteiger partial charge in [0.05, 0.1) is 6.42 Å². The van der Waals surface area contributed by atoms with Crippen LogP contribution in [0.2, 0.25) is 0 Å². The van der Waals surface area contributed by atoms with Gasteiger partial charge in [0.1, 0.15) is 5.60 Å². The Morgan fingerprint density at radius 1 is 1.21 bits per heavy atom. The lowest BCUT2D eigenvalue weighted by molar-refractivity contribution is -0.137. The maximum atomic E-state index is 12.1. The quantitative estimate of drug-likeness (QED) is 0.815. The summed E-state index contributed by atoms with van der Waals surface area (Å²) in [6.07, 6.45) is -0.670. The van der Waals surface area contributed by atoms with Gasteiger partial charge in [-0.1, -0.05) is 0 Å². The lowest BCUT2D eigenvalue weighted by Crippen LogP contribution is -2.52. The summed E-state index contributed by atoms with van der Waals surface area (Å²) in [6.45, 7) is 11.0. The molecule has 0 aromatic rings. The van der Waals surface area contributed by atoms with Crippen molar-refractivity contribution in [1.29, 1.82) is 0 Å². The highest BCUT2D eigenvalue weighted by atomic mass is 16.6. The summed E-state index contributed by atoms with van der Waals surface area (Å²) in [6, 6.07) is -0.621. The zero-order chi connectivity index (χ0) is 15.4. The van der Waals surface area contributed by atoms with Crippen LogP contribution < -0.4 is 5.73 Å². The van der Waals surface area contributed by atoms with Crippen LogP contribution in [-0.4, -0.2) is 45.8 Å². The molecule has 0 aromatic carbocycles. The molecule has 0 fully saturated rings. The molecule has 0 heterocycles. The monoisotopic (exact) mass is 274 g/mol. The molecule has 0 spiro atoms. The molecule has 6 heteroatoms. The summed E-state index contributed by atoms with van der Waals surface area (Å²) < 4.78 is 5.32. The number of carbonyl (C=O) groups is 2. The van der Waals surface area contributed by atoms with Crippen molar-refractivity contribution in [1.82, 2.24) is 4.90 Å². The van der Waals surface area contributed by atoms with E-state index in [0.29, 0.717) is 0 Å². The van der Waals surface area contributed by atoms with Crippen LogP contribution in [0.3, 0.4) is 0 Å². The molecular formula is C13H26N2O4. The zero-order valence-corrected chi connectivity index (χ0v) is 12.7. The van der Waals surface area contributed by atoms with Crippen LogP contribution in [0, 0.1) is 0 Å². The summed E-state index contributed by atoms with van der Waals surface area (Å²) in [7, 11) is 0. The highest BCUT2D eigenvalue weighted by molar-refractivity contribution is 5.70. The maximum absolute atomic E-state index is 12.1. The average molecular weight is 274 g/mol. The fraction of sp³-hybridized carbons (Fsp3) is 0.846. The number of carbonyl (C=O) groups excluding carboxylic acids is 1. The van der Waals surface area contributed by atoms with E-state index in [1.807, 2.05) is 20.8 Å². The molecule has 1 unspecified atom stereocenters. The van der Waals surface area contributed by atoms with E-state index in [9.17, 15) is 9.59 Å². The minimum absolute atomic E-state index is 0.144. The van der Waals surface area contributed by atoms with Crippen molar-refractivity contribution >= 4 is 12.1 Å². The number of hydrogen-bond acceptors (Lipinski definition) is 4. The molecule has 112 valence electrons. The van der Waals surface area contributed by atoms with E-state index in [1.165, 1.54) is 4.90 Å². The van der Waals surface area contributed by atoms with Crippen molar-refractivity contribution in [2.75, 3.05) is 6.54 Å². The number of carboxylic acids is 1. The zero-order valence-electron chi connectivity index (χ0n) is 12.7. The van der Waals surface area contributed by atoms with Crippen LogP contribution in [0.5, 0.6) is 0 Å². The van der Waals surface area contributed by atoms with E-state index in [4.69, 9.17) is 15.6 Å². The molecule has 0 saturated carbocycles. The largest absolute Gasteiger partial charge is 0.481 e. The van der Waals surface area contributed by atoms with E-state index < -0.39 is 29.2 Å². The number of carboxylic acid groups (broad SMARTS) is 1. The van der Waals surface area contributed by atoms with Gasteiger partial charge in [0.25, 0.3) is 0 Å². The van der Waals surface area contributed by atoms with Crippen molar-refractivity contribution in [2.45, 2.75) is 65.1 Å². The predicted molar refractivity (Wildman–Crippen MR) is 72.9 cm³/mol. The number of ether oxygens (including phenoxy) is 1. The topological polar surface area (TPSA) is 92.9 Å². The number of rotatable bonds is 4. The fourth-order valence-corrected chi connectivity index (χ4v) is 1.46. The minimum atomic E-state index is -0.981. The number of nitrogens with two attached hydrogens (primary N) is 1. The van der Waals surface area contributed by atoms with Crippen LogP contribution >= 0.6 is 0 Å². The third kappa shape index (κ3) is 7.66. The number of amides is 1. The highest BCUT2D eigenvalue weighted by Gasteiger charge is 2.32. The Labute approximate surface area is 114 Å². The standard InChI is InChI=1S/C13H26N2O4/c1-12(2,3)15(8-9(14)7-10(16)17)11(18)19-13(4,5)6/h9H,7-8,14H2,1-6H3,(H,16,17). The van der Waals surface area contributed by atoms with Gasteiger partial charge in [-0.25, -0.2) is 4.79 Å². The lowest BCUT2D eigenvalue weighted by Gasteiger charge is -2.38. The molecule has 0 aliphatic rings. The van der Waals surface area contributed by atoms with Crippen molar-refractivity contribution in [3.63, 3.8) is 0 Å². The molecule has 1 amide bonds. The second-order valence-electron chi connectivity index (χ2n) is 6.62. The highest BCUT2D eigenvalue weighted by Crippen LogP contribution is 2.19. The van der Waals surface area contributed by atoms with Gasteiger partial charge in [-0.3, -0.25) is 4.79 Å². The molecule has 1 atom stereocenters. The van der Waals surface area contributed by atoms with Crippen LogP contribution in [0.15, 0.2) is 0 Å². The van der Waals surface area contributed by atoms with Gasteiger partial charge >= 0.3 is 12.1 Å². The molecule has 6 nitrogen and oxygen atoms in total. The molecular weight excluding hydrogens is 248 g/mol. The van der Waals surface area contributed by atoms with Crippen molar-refractivity contribution in [3.05, 3.63) is 0 Å². The Kier molecular flexibility index (Phi) is 5.81. The molecule has 0 aliphatic heterocycles. The Bertz CT molecular complexity index is 329. The molecule has 0 saturated heterocycles. The number of hydrogen-bond donors (Lipinski definition) is 2. The van der Waals surface area contributed by atoms with Crippen LogP contribution in [-0.2, 0) is 9.53 Å². The average Bonchev–Trinajstić information content (AvgIpc) is 2.07. The van der Waals surface area contributed by atoms with Crippen molar-refractivity contribution in [3.8, 4) is 0 Å². The van der Waals surface area contributed by atoms with Gasteiger partial charge in [0, 0.05) is 18.1 Å². The third-order valence-electron chi connectivity index (χ3n) is 2.28. The van der Waals surface area contributed by atoms with Gasteiger partial charge in [-0.15, -0.1) is 0 Å². The Morgan fingerprint density at radius 3 is 2.00 bits per heavy atom. The first-order chi connectivity index (χ1) is 8.33. The van der Waals surface area contributed by atoms with Crippen LogP contribution in [0.1, 0.15) is 48.0 Å². The summed E-state index contributed by atoms with van der Waals surface area (Å²) in [4.78, 5) is 24.2. The molecule has 19 heavy (non-hydrogen) atoms. The van der Waals surface area contributed by atoms with Gasteiger partial charge < -0.3 is 20.5 Å². The first-order valence-corrected chi connectivity index (χ1v) is 6.31. The first-order valence-electron chi connectivity index (χ1n) is 6.31. The fourth-order valence-electron chi connectivity index (χ4n) is 1.46. The first kappa shape index (κ1) is 17.7. The van der Waals surface area contributed by atoms with E-state index in [0.717, 1.165) is 0 Å². The molecule has 0 rings (SSSR count). The van der Waals surface area contributed by atoms with Gasteiger partial charge in [0.2, 0.25) is 0 Å². The number of aliphatic carboxylic acids is 1. The molecule has 0 radical (unpaired) electrons. The lowest BCUT2D eigenvalue weighted by atomic mass is 10.0. The molecule has 0 aliphatic carbocycles. The van der Waals surface area contributed by atoms with E-state index in [2.05, 4.69) is 0 Å². The van der Waals surface area contributed by atoms with Crippen molar-refractivity contribution < 1.29 is 19.4 Å². The summed E-state index contributed by atoms with van der Waals surface area (Å²) in [5.41, 5.74) is 4.66. The van der Waals surface area contributed by atoms with Crippen LogP contribution in [0.4, 0.5) is 4.79 Å². The van der Waals surface area contributed by atoms with E-state index in [-0.39, 0.29) is 13.0 Å². The summed E-state index contributed by atoms with van der Waals surface area (Å²) in [5, 5.41) is 8.71. The second-order valence-corrected chi connectivity index (χ2v) is 6.62. The van der Waals surface area contributed by atoms with E-state index >= 15 is 0 Å². The van der Waals surface area contributed by atoms with Crippen molar-refractivity contribution in [2.24, 2.45) is 5.73 Å². The van der Waals surface area contributed by atoms with Gasteiger partial charge in [0.15, 0.2) is 0 Å². The predicted octanol–water partition coefficient (Wildman–Crippen LogP) is 1.82. The molecule has 0 aromatic heterocycles. The Hall–Kier alpha value is -1.30. The van der Waals surface area contributed by atoms with Gasteiger partial charge in [-0.2, -0.15) is 0 Å². The van der Waals surface area contributed by atoms with Gasteiger partial charge in [-0.05, 0) is 41.5 Å². The Balaban J connectivity index is 4.84. The molecule has 0 bridgehead atoms. The Morgan fingerprint density at radius 2 is 1.68 bits per heavy atom. The maximum Gasteiger partial charge on any atom is 0.410 e. The summed E-state index contributed by atoms with van der Waals surface area (Å²) in [5.74, 6) is -0.981. The summed E-state index contributed by atoms with van der Waals surface area (Å²) >= 11 is 0. The molecule has 3 N–H and O–H groups in total. The SMILES string of the molecule is CC(C)(C)OC(=O)N(CC(N)CC(=O)O)C(C)(C)C. The van der Waals surface area contributed by atoms with Crippen LogP contribution in [0.25, 0.3) is 0 Å². The second kappa shape index (κ2) is 6.23. The minimum Gasteiger partial charge on any atom is -0.481 e. The van der Waals surface area contributed by atoms with E-state index in [1.54, 1.807) is 20.8 Å². The normalized spacial score (nSPS) is 13.8.